The van der Waals surface area contributed by atoms with E-state index in [0.29, 0.717) is 5.13 Å². The Morgan fingerprint density at radius 2 is 2.54 bits per heavy atom. The molecule has 1 heterocycles. The molecule has 1 aromatic heterocycles. The Labute approximate surface area is 77.6 Å². The summed E-state index contributed by atoms with van der Waals surface area (Å²) < 4.78 is 4.36. The van der Waals surface area contributed by atoms with Crippen LogP contribution in [-0.4, -0.2) is 29.0 Å². The molecule has 0 bridgehead atoms. The van der Waals surface area contributed by atoms with Crippen molar-refractivity contribution in [3.63, 3.8) is 0 Å². The van der Waals surface area contributed by atoms with Crippen LogP contribution in [0, 0.1) is 0 Å². The fraction of sp³-hybridized carbons (Fsp3) is 0.167. The predicted octanol–water partition coefficient (Wildman–Crippen LogP) is 0.0766. The van der Waals surface area contributed by atoms with Crippen LogP contribution in [-0.2, 0) is 9.53 Å². The highest BCUT2D eigenvalue weighted by Crippen LogP contribution is 2.12. The minimum atomic E-state index is -0.757. The van der Waals surface area contributed by atoms with E-state index in [9.17, 15) is 4.79 Å². The molecule has 7 heteroatoms. The van der Waals surface area contributed by atoms with Crippen LogP contribution in [0.5, 0.6) is 0 Å². The quantitative estimate of drug-likeness (QED) is 0.305. The van der Waals surface area contributed by atoms with Gasteiger partial charge >= 0.3 is 5.97 Å². The van der Waals surface area contributed by atoms with Gasteiger partial charge in [-0.3, -0.25) is 0 Å². The lowest BCUT2D eigenvalue weighted by atomic mass is 10.3. The third-order valence-electron chi connectivity index (χ3n) is 1.24. The SMILES string of the molecule is COC(=O)/C(=N\O)c1csc(N)n1. The largest absolute Gasteiger partial charge is 0.464 e. The van der Waals surface area contributed by atoms with Gasteiger partial charge in [0.05, 0.1) is 7.11 Å². The molecular weight excluding hydrogens is 194 g/mol. The second-order valence-electron chi connectivity index (χ2n) is 2.01. The average molecular weight is 201 g/mol. The number of carbonyl (C=O) groups is 1. The molecule has 0 aliphatic carbocycles. The number of oxime groups is 1. The number of rotatable bonds is 2. The van der Waals surface area contributed by atoms with Crippen LogP contribution in [0.3, 0.4) is 0 Å². The van der Waals surface area contributed by atoms with Gasteiger partial charge in [0.2, 0.25) is 5.71 Å². The Morgan fingerprint density at radius 3 is 2.92 bits per heavy atom. The summed E-state index contributed by atoms with van der Waals surface area (Å²) in [5, 5.41) is 13.1. The van der Waals surface area contributed by atoms with E-state index in [4.69, 9.17) is 10.9 Å². The Kier molecular flexibility index (Phi) is 2.80. The summed E-state index contributed by atoms with van der Waals surface area (Å²) in [6.07, 6.45) is 0. The second-order valence-corrected chi connectivity index (χ2v) is 2.90. The first kappa shape index (κ1) is 9.46. The van der Waals surface area contributed by atoms with Crippen LogP contribution in [0.15, 0.2) is 10.5 Å². The summed E-state index contributed by atoms with van der Waals surface area (Å²) in [4.78, 5) is 14.7. The normalized spacial score (nSPS) is 11.3. The monoisotopic (exact) mass is 201 g/mol. The Hall–Kier alpha value is -1.63. The van der Waals surface area contributed by atoms with Crippen molar-refractivity contribution in [3.05, 3.63) is 11.1 Å². The number of carbonyl (C=O) groups excluding carboxylic acids is 1. The number of thiazole rings is 1. The Bertz CT molecular complexity index is 347. The summed E-state index contributed by atoms with van der Waals surface area (Å²) in [6, 6.07) is 0. The van der Waals surface area contributed by atoms with Gasteiger partial charge in [0, 0.05) is 5.38 Å². The first-order chi connectivity index (χ1) is 6.19. The molecule has 1 aromatic rings. The molecule has 0 aliphatic heterocycles. The zero-order chi connectivity index (χ0) is 9.84. The maximum Gasteiger partial charge on any atom is 0.362 e. The van der Waals surface area contributed by atoms with Crippen LogP contribution >= 0.6 is 11.3 Å². The van der Waals surface area contributed by atoms with Crippen molar-refractivity contribution >= 4 is 28.1 Å². The summed E-state index contributed by atoms with van der Waals surface area (Å²) in [5.74, 6) is -0.757. The number of anilines is 1. The van der Waals surface area contributed by atoms with Crippen LogP contribution in [0.25, 0.3) is 0 Å². The van der Waals surface area contributed by atoms with Gasteiger partial charge in [-0.1, -0.05) is 5.16 Å². The fourth-order valence-corrected chi connectivity index (χ4v) is 1.24. The number of hydrogen-bond acceptors (Lipinski definition) is 7. The molecule has 0 spiro atoms. The molecule has 1 rings (SSSR count). The summed E-state index contributed by atoms with van der Waals surface area (Å²) in [5.41, 5.74) is 5.28. The lowest BCUT2D eigenvalue weighted by molar-refractivity contribution is -0.132. The number of nitrogens with zero attached hydrogens (tertiary/aromatic N) is 2. The molecule has 0 amide bonds. The van der Waals surface area contributed by atoms with E-state index in [-0.39, 0.29) is 11.4 Å². The van der Waals surface area contributed by atoms with Gasteiger partial charge in [-0.25, -0.2) is 9.78 Å². The average Bonchev–Trinajstić information content (AvgIpc) is 2.53. The first-order valence-corrected chi connectivity index (χ1v) is 4.08. The number of nitrogen functional groups attached to an aromatic ring is 1. The highest BCUT2D eigenvalue weighted by Gasteiger charge is 2.17. The van der Waals surface area contributed by atoms with Crippen LogP contribution < -0.4 is 5.73 Å². The Balaban J connectivity index is 2.99. The summed E-state index contributed by atoms with van der Waals surface area (Å²) in [7, 11) is 1.18. The number of nitrogens with two attached hydrogens (primary N) is 1. The topological polar surface area (TPSA) is 97.8 Å². The molecule has 0 atom stereocenters. The molecule has 0 aromatic carbocycles. The molecule has 3 N–H and O–H groups in total. The van der Waals surface area contributed by atoms with Gasteiger partial charge in [0.25, 0.3) is 0 Å². The third-order valence-corrected chi connectivity index (χ3v) is 1.92. The van der Waals surface area contributed by atoms with Gasteiger partial charge in [-0.05, 0) is 0 Å². The highest BCUT2D eigenvalue weighted by molar-refractivity contribution is 7.13. The lowest BCUT2D eigenvalue weighted by Gasteiger charge is -1.96. The molecule has 6 nitrogen and oxygen atoms in total. The number of ether oxygens (including phenoxy) is 1. The standard InChI is InChI=1S/C6H7N3O3S/c1-12-5(10)4(9-11)3-2-13-6(7)8-3/h2,11H,1H3,(H2,7,8)/b9-4-. The van der Waals surface area contributed by atoms with Crippen molar-refractivity contribution in [2.45, 2.75) is 0 Å². The summed E-state index contributed by atoms with van der Waals surface area (Å²) in [6.45, 7) is 0. The van der Waals surface area contributed by atoms with Gasteiger partial charge in [0.1, 0.15) is 5.69 Å². The number of hydrogen-bond donors (Lipinski definition) is 2. The van der Waals surface area contributed by atoms with Gasteiger partial charge in [-0.15, -0.1) is 11.3 Å². The van der Waals surface area contributed by atoms with Crippen LogP contribution in [0.1, 0.15) is 5.69 Å². The van der Waals surface area contributed by atoms with Gasteiger partial charge in [-0.2, -0.15) is 0 Å². The van der Waals surface area contributed by atoms with E-state index in [2.05, 4.69) is 14.9 Å². The molecule has 0 saturated carbocycles. The first-order valence-electron chi connectivity index (χ1n) is 3.20. The predicted molar refractivity (Wildman–Crippen MR) is 46.9 cm³/mol. The van der Waals surface area contributed by atoms with E-state index in [1.165, 1.54) is 12.5 Å². The maximum absolute atomic E-state index is 11.0. The molecule has 0 aliphatic rings. The fourth-order valence-electron chi connectivity index (χ4n) is 0.690. The number of methoxy groups -OCH3 is 1. The molecule has 0 unspecified atom stereocenters. The van der Waals surface area contributed by atoms with Crippen molar-refractivity contribution in [2.24, 2.45) is 5.16 Å². The van der Waals surface area contributed by atoms with E-state index < -0.39 is 5.97 Å². The van der Waals surface area contributed by atoms with Crippen molar-refractivity contribution in [2.75, 3.05) is 12.8 Å². The minimum Gasteiger partial charge on any atom is -0.464 e. The summed E-state index contributed by atoms with van der Waals surface area (Å²) >= 11 is 1.14. The molecule has 0 saturated heterocycles. The molecule has 13 heavy (non-hydrogen) atoms. The smallest absolute Gasteiger partial charge is 0.362 e. The van der Waals surface area contributed by atoms with Crippen molar-refractivity contribution in [1.82, 2.24) is 4.98 Å². The zero-order valence-corrected chi connectivity index (χ0v) is 7.54. The van der Waals surface area contributed by atoms with Crippen LogP contribution in [0.4, 0.5) is 5.13 Å². The lowest BCUT2D eigenvalue weighted by Crippen LogP contribution is -2.17. The molecule has 0 fully saturated rings. The van der Waals surface area contributed by atoms with Crippen LogP contribution in [0.2, 0.25) is 0 Å². The highest BCUT2D eigenvalue weighted by atomic mass is 32.1. The van der Waals surface area contributed by atoms with Crippen molar-refractivity contribution in [3.8, 4) is 0 Å². The molecule has 0 radical (unpaired) electrons. The van der Waals surface area contributed by atoms with Gasteiger partial charge in [0.15, 0.2) is 5.13 Å². The van der Waals surface area contributed by atoms with E-state index >= 15 is 0 Å². The zero-order valence-electron chi connectivity index (χ0n) is 6.72. The molecule has 70 valence electrons. The number of aromatic nitrogens is 1. The Morgan fingerprint density at radius 1 is 1.85 bits per heavy atom. The van der Waals surface area contributed by atoms with Crippen molar-refractivity contribution in [1.29, 1.82) is 0 Å². The van der Waals surface area contributed by atoms with E-state index in [0.717, 1.165) is 11.3 Å². The third kappa shape index (κ3) is 1.94. The second kappa shape index (κ2) is 3.85. The van der Waals surface area contributed by atoms with Crippen molar-refractivity contribution < 1.29 is 14.7 Å². The maximum atomic E-state index is 11.0. The van der Waals surface area contributed by atoms with Gasteiger partial charge < -0.3 is 15.7 Å². The van der Waals surface area contributed by atoms with E-state index in [1.54, 1.807) is 0 Å². The van der Waals surface area contributed by atoms with E-state index in [1.807, 2.05) is 0 Å². The number of esters is 1. The molecular formula is C6H7N3O3S. The minimum absolute atomic E-state index is 0.205.